The molecule has 2 rings (SSSR count). The summed E-state index contributed by atoms with van der Waals surface area (Å²) in [5, 5.41) is 0. The molecule has 0 unspecified atom stereocenters. The number of nitrogens with two attached hydrogens (primary N) is 1. The van der Waals surface area contributed by atoms with Crippen molar-refractivity contribution in [2.75, 3.05) is 17.7 Å². The molecule has 2 aromatic heterocycles. The number of amides is 1. The minimum absolute atomic E-state index is 0.463. The minimum Gasteiger partial charge on any atom is -0.384 e. The minimum atomic E-state index is 0.463. The van der Waals surface area contributed by atoms with Gasteiger partial charge in [-0.3, -0.25) is 4.79 Å². The highest BCUT2D eigenvalue weighted by molar-refractivity contribution is 5.75. The van der Waals surface area contributed by atoms with Crippen molar-refractivity contribution in [2.24, 2.45) is 0 Å². The molecule has 0 saturated carbocycles. The molecule has 0 spiro atoms. The second kappa shape index (κ2) is 4.61. The molecule has 0 aliphatic heterocycles. The summed E-state index contributed by atoms with van der Waals surface area (Å²) < 4.78 is 0. The van der Waals surface area contributed by atoms with E-state index in [0.29, 0.717) is 18.0 Å². The predicted molar refractivity (Wildman–Crippen MR) is 66.3 cm³/mol. The van der Waals surface area contributed by atoms with Crippen molar-refractivity contribution in [3.8, 4) is 11.1 Å². The van der Waals surface area contributed by atoms with Crippen molar-refractivity contribution < 1.29 is 4.79 Å². The number of carbonyl (C=O) groups is 1. The van der Waals surface area contributed by atoms with Crippen LogP contribution in [0.3, 0.4) is 0 Å². The van der Waals surface area contributed by atoms with Gasteiger partial charge >= 0.3 is 0 Å². The summed E-state index contributed by atoms with van der Waals surface area (Å²) in [4.78, 5) is 20.1. The topological polar surface area (TPSA) is 72.1 Å². The maximum Gasteiger partial charge on any atom is 0.215 e. The average molecular weight is 228 g/mol. The molecule has 2 heterocycles. The van der Waals surface area contributed by atoms with E-state index in [1.54, 1.807) is 25.5 Å². The molecule has 0 aliphatic rings. The van der Waals surface area contributed by atoms with E-state index in [9.17, 15) is 4.79 Å². The summed E-state index contributed by atoms with van der Waals surface area (Å²) in [5.74, 6) is 1.05. The molecule has 1 amide bonds. The zero-order valence-corrected chi connectivity index (χ0v) is 9.37. The molecule has 0 fully saturated rings. The fourth-order valence-electron chi connectivity index (χ4n) is 1.47. The number of rotatable bonds is 3. The smallest absolute Gasteiger partial charge is 0.215 e. The molecule has 0 aliphatic carbocycles. The number of anilines is 2. The molecule has 0 atom stereocenters. The van der Waals surface area contributed by atoms with Gasteiger partial charge in [0.05, 0.1) is 0 Å². The monoisotopic (exact) mass is 228 g/mol. The van der Waals surface area contributed by atoms with Gasteiger partial charge in [-0.2, -0.15) is 0 Å². The number of nitrogen functional groups attached to an aromatic ring is 1. The molecule has 17 heavy (non-hydrogen) atoms. The van der Waals surface area contributed by atoms with E-state index in [-0.39, 0.29) is 0 Å². The maximum atomic E-state index is 10.7. The van der Waals surface area contributed by atoms with Crippen LogP contribution in [0.15, 0.2) is 36.7 Å². The second-order valence-electron chi connectivity index (χ2n) is 3.59. The zero-order chi connectivity index (χ0) is 12.3. The lowest BCUT2D eigenvalue weighted by molar-refractivity contribution is -0.107. The Bertz CT molecular complexity index is 542. The van der Waals surface area contributed by atoms with E-state index in [1.807, 2.05) is 18.2 Å². The number of aromatic nitrogens is 2. The van der Waals surface area contributed by atoms with Crippen molar-refractivity contribution in [1.29, 1.82) is 0 Å². The Morgan fingerprint density at radius 2 is 1.82 bits per heavy atom. The van der Waals surface area contributed by atoms with Gasteiger partial charge in [-0.05, 0) is 35.4 Å². The van der Waals surface area contributed by atoms with Crippen LogP contribution in [0, 0.1) is 0 Å². The quantitative estimate of drug-likeness (QED) is 0.804. The fraction of sp³-hybridized carbons (Fsp3) is 0.0833. The average Bonchev–Trinajstić information content (AvgIpc) is 2.38. The second-order valence-corrected chi connectivity index (χ2v) is 3.59. The summed E-state index contributed by atoms with van der Waals surface area (Å²) in [6, 6.07) is 7.32. The van der Waals surface area contributed by atoms with E-state index < -0.39 is 0 Å². The Balaban J connectivity index is 2.43. The van der Waals surface area contributed by atoms with Crippen LogP contribution in [0.1, 0.15) is 0 Å². The number of pyridine rings is 2. The molecular formula is C12H12N4O. The molecule has 2 N–H and O–H groups in total. The molecule has 0 saturated heterocycles. The number of hydrogen-bond acceptors (Lipinski definition) is 4. The number of hydrogen-bond donors (Lipinski definition) is 1. The van der Waals surface area contributed by atoms with Crippen molar-refractivity contribution in [3.05, 3.63) is 36.7 Å². The first-order chi connectivity index (χ1) is 8.20. The van der Waals surface area contributed by atoms with Gasteiger partial charge in [0.1, 0.15) is 11.6 Å². The lowest BCUT2D eigenvalue weighted by Crippen LogP contribution is -2.14. The highest BCUT2D eigenvalue weighted by Crippen LogP contribution is 2.22. The number of nitrogens with zero attached hydrogens (tertiary/aromatic N) is 3. The van der Waals surface area contributed by atoms with Gasteiger partial charge in [-0.1, -0.05) is 0 Å². The highest BCUT2D eigenvalue weighted by Gasteiger charge is 2.04. The van der Waals surface area contributed by atoms with E-state index in [1.165, 1.54) is 4.90 Å². The summed E-state index contributed by atoms with van der Waals surface area (Å²) in [5.41, 5.74) is 7.51. The third-order valence-corrected chi connectivity index (χ3v) is 2.38. The zero-order valence-electron chi connectivity index (χ0n) is 9.37. The van der Waals surface area contributed by atoms with Crippen LogP contribution in [0.2, 0.25) is 0 Å². The lowest BCUT2D eigenvalue weighted by Gasteiger charge is -2.10. The van der Waals surface area contributed by atoms with Gasteiger partial charge in [0.2, 0.25) is 6.41 Å². The SMILES string of the molecule is CN(C=O)c1cc(-c2ccnc(N)c2)ccn1. The van der Waals surface area contributed by atoms with Crippen molar-refractivity contribution in [2.45, 2.75) is 0 Å². The van der Waals surface area contributed by atoms with E-state index in [0.717, 1.165) is 11.1 Å². The van der Waals surface area contributed by atoms with Crippen molar-refractivity contribution in [1.82, 2.24) is 9.97 Å². The summed E-state index contributed by atoms with van der Waals surface area (Å²) in [6.45, 7) is 0. The van der Waals surface area contributed by atoms with Gasteiger partial charge in [-0.25, -0.2) is 9.97 Å². The first-order valence-corrected chi connectivity index (χ1v) is 5.07. The number of carbonyl (C=O) groups excluding carboxylic acids is 1. The normalized spacial score (nSPS) is 9.94. The Hall–Kier alpha value is -2.43. The Kier molecular flexibility index (Phi) is 3.00. The van der Waals surface area contributed by atoms with E-state index in [4.69, 9.17) is 5.73 Å². The first kappa shape index (κ1) is 11.1. The van der Waals surface area contributed by atoms with Crippen molar-refractivity contribution in [3.63, 3.8) is 0 Å². The lowest BCUT2D eigenvalue weighted by atomic mass is 10.1. The molecule has 2 aromatic rings. The van der Waals surface area contributed by atoms with Gasteiger partial charge in [0.25, 0.3) is 0 Å². The maximum absolute atomic E-state index is 10.7. The van der Waals surface area contributed by atoms with Crippen molar-refractivity contribution >= 4 is 18.0 Å². The third kappa shape index (κ3) is 2.39. The van der Waals surface area contributed by atoms with Gasteiger partial charge in [0, 0.05) is 19.4 Å². The van der Waals surface area contributed by atoms with Crippen LogP contribution in [-0.2, 0) is 4.79 Å². The van der Waals surface area contributed by atoms with Crippen LogP contribution in [0.4, 0.5) is 11.6 Å². The van der Waals surface area contributed by atoms with E-state index in [2.05, 4.69) is 9.97 Å². The first-order valence-electron chi connectivity index (χ1n) is 5.07. The van der Waals surface area contributed by atoms with Crippen LogP contribution >= 0.6 is 0 Å². The van der Waals surface area contributed by atoms with E-state index >= 15 is 0 Å². The Labute approximate surface area is 98.9 Å². The molecule has 5 nitrogen and oxygen atoms in total. The van der Waals surface area contributed by atoms with Crippen LogP contribution in [0.25, 0.3) is 11.1 Å². The molecule has 0 radical (unpaired) electrons. The Morgan fingerprint density at radius 1 is 1.18 bits per heavy atom. The summed E-state index contributed by atoms with van der Waals surface area (Å²) in [7, 11) is 1.65. The van der Waals surface area contributed by atoms with Gasteiger partial charge in [-0.15, -0.1) is 0 Å². The molecule has 86 valence electrons. The highest BCUT2D eigenvalue weighted by atomic mass is 16.1. The molecule has 0 bridgehead atoms. The standard InChI is InChI=1S/C12H12N4O/c1-16(8-17)12-7-10(3-5-15-12)9-2-4-14-11(13)6-9/h2-8H,1H3,(H2,13,14). The summed E-state index contributed by atoms with van der Waals surface area (Å²) in [6.07, 6.45) is 4.02. The largest absolute Gasteiger partial charge is 0.384 e. The van der Waals surface area contributed by atoms with Crippen LogP contribution in [-0.4, -0.2) is 23.4 Å². The molecular weight excluding hydrogens is 216 g/mol. The third-order valence-electron chi connectivity index (χ3n) is 2.38. The molecule has 5 heteroatoms. The molecule has 0 aromatic carbocycles. The fourth-order valence-corrected chi connectivity index (χ4v) is 1.47. The summed E-state index contributed by atoms with van der Waals surface area (Å²) >= 11 is 0. The van der Waals surface area contributed by atoms with Gasteiger partial charge < -0.3 is 10.6 Å². The Morgan fingerprint density at radius 3 is 2.47 bits per heavy atom. The van der Waals surface area contributed by atoms with Crippen LogP contribution in [0.5, 0.6) is 0 Å². The van der Waals surface area contributed by atoms with Gasteiger partial charge in [0.15, 0.2) is 0 Å². The van der Waals surface area contributed by atoms with Crippen LogP contribution < -0.4 is 10.6 Å². The predicted octanol–water partition coefficient (Wildman–Crippen LogP) is 1.32.